The number of carboxylic acid groups (broad SMARTS) is 1. The van der Waals surface area contributed by atoms with E-state index in [1.807, 2.05) is 6.92 Å². The molecule has 0 aromatic heterocycles. The normalized spacial score (nSPS) is 27.1. The predicted octanol–water partition coefficient (Wildman–Crippen LogP) is 2.51. The van der Waals surface area contributed by atoms with Crippen molar-refractivity contribution in [3.8, 4) is 0 Å². The molecule has 2 rings (SSSR count). The summed E-state index contributed by atoms with van der Waals surface area (Å²) in [5.74, 6) is -0.647. The minimum Gasteiger partial charge on any atom is -0.480 e. The van der Waals surface area contributed by atoms with E-state index in [1.165, 1.54) is 38.5 Å². The molecule has 3 heteroatoms. The fourth-order valence-electron chi connectivity index (χ4n) is 3.42. The number of aliphatic carboxylic acids is 1. The van der Waals surface area contributed by atoms with Crippen molar-refractivity contribution in [1.82, 2.24) is 4.90 Å². The van der Waals surface area contributed by atoms with Gasteiger partial charge in [0.2, 0.25) is 0 Å². The molecule has 1 saturated carbocycles. The van der Waals surface area contributed by atoms with Crippen LogP contribution in [-0.2, 0) is 4.79 Å². The lowest BCUT2D eigenvalue weighted by Gasteiger charge is -2.52. The zero-order valence-corrected chi connectivity index (χ0v) is 10.2. The second-order valence-corrected chi connectivity index (χ2v) is 5.58. The molecule has 1 atom stereocenters. The van der Waals surface area contributed by atoms with Crippen LogP contribution in [0.2, 0.25) is 0 Å². The van der Waals surface area contributed by atoms with Gasteiger partial charge in [-0.05, 0) is 24.7 Å². The molecule has 16 heavy (non-hydrogen) atoms. The van der Waals surface area contributed by atoms with Gasteiger partial charge in [-0.1, -0.05) is 32.6 Å². The van der Waals surface area contributed by atoms with Gasteiger partial charge in [-0.15, -0.1) is 0 Å². The Bertz CT molecular complexity index is 249. The minimum absolute atomic E-state index is 0.242. The zero-order chi connectivity index (χ0) is 11.6. The first kappa shape index (κ1) is 11.9. The highest BCUT2D eigenvalue weighted by Crippen LogP contribution is 2.43. The number of nitrogens with zero attached hydrogens (tertiary/aromatic N) is 1. The Hall–Kier alpha value is -0.570. The number of hydrogen-bond acceptors (Lipinski definition) is 2. The first-order valence-electron chi connectivity index (χ1n) is 6.64. The maximum atomic E-state index is 11.1. The van der Waals surface area contributed by atoms with E-state index < -0.39 is 5.97 Å². The fourth-order valence-corrected chi connectivity index (χ4v) is 3.42. The van der Waals surface area contributed by atoms with Crippen LogP contribution < -0.4 is 0 Å². The van der Waals surface area contributed by atoms with E-state index in [9.17, 15) is 4.79 Å². The van der Waals surface area contributed by atoms with Crippen LogP contribution in [-0.4, -0.2) is 35.1 Å². The van der Waals surface area contributed by atoms with E-state index in [1.54, 1.807) is 0 Å². The first-order chi connectivity index (χ1) is 7.67. The average Bonchev–Trinajstić information content (AvgIpc) is 2.43. The second-order valence-electron chi connectivity index (χ2n) is 5.58. The van der Waals surface area contributed by atoms with E-state index in [-0.39, 0.29) is 6.04 Å². The van der Waals surface area contributed by atoms with Crippen molar-refractivity contribution in [2.24, 2.45) is 5.41 Å². The Balaban J connectivity index is 1.89. The molecule has 0 amide bonds. The molecule has 0 bridgehead atoms. The third-order valence-corrected chi connectivity index (χ3v) is 4.35. The SMILES string of the molecule is CCC(C(=O)O)N1CC2(CCCCCC2)C1. The highest BCUT2D eigenvalue weighted by atomic mass is 16.4. The van der Waals surface area contributed by atoms with Gasteiger partial charge in [-0.3, -0.25) is 9.69 Å². The maximum absolute atomic E-state index is 11.1. The number of likely N-dealkylation sites (tertiary alicyclic amines) is 1. The smallest absolute Gasteiger partial charge is 0.320 e. The van der Waals surface area contributed by atoms with Crippen LogP contribution >= 0.6 is 0 Å². The molecule has 0 radical (unpaired) electrons. The summed E-state index contributed by atoms with van der Waals surface area (Å²) >= 11 is 0. The maximum Gasteiger partial charge on any atom is 0.320 e. The largest absolute Gasteiger partial charge is 0.480 e. The number of carboxylic acids is 1. The Morgan fingerprint density at radius 1 is 1.25 bits per heavy atom. The molecule has 0 aromatic carbocycles. The Morgan fingerprint density at radius 2 is 1.81 bits per heavy atom. The van der Waals surface area contributed by atoms with Gasteiger partial charge in [0.25, 0.3) is 0 Å². The fraction of sp³-hybridized carbons (Fsp3) is 0.923. The first-order valence-corrected chi connectivity index (χ1v) is 6.64. The van der Waals surface area contributed by atoms with Crippen molar-refractivity contribution in [3.63, 3.8) is 0 Å². The summed E-state index contributed by atoms with van der Waals surface area (Å²) < 4.78 is 0. The number of rotatable bonds is 3. The molecule has 0 aromatic rings. The highest BCUT2D eigenvalue weighted by molar-refractivity contribution is 5.73. The number of hydrogen-bond donors (Lipinski definition) is 1. The summed E-state index contributed by atoms with van der Waals surface area (Å²) in [5.41, 5.74) is 0.485. The summed E-state index contributed by atoms with van der Waals surface area (Å²) in [6, 6.07) is -0.242. The van der Waals surface area contributed by atoms with Crippen molar-refractivity contribution in [1.29, 1.82) is 0 Å². The highest BCUT2D eigenvalue weighted by Gasteiger charge is 2.46. The second kappa shape index (κ2) is 4.74. The van der Waals surface area contributed by atoms with Crippen LogP contribution in [0.5, 0.6) is 0 Å². The van der Waals surface area contributed by atoms with Gasteiger partial charge < -0.3 is 5.11 Å². The molecule has 92 valence electrons. The van der Waals surface area contributed by atoms with Crippen LogP contribution in [0.1, 0.15) is 51.9 Å². The topological polar surface area (TPSA) is 40.5 Å². The summed E-state index contributed by atoms with van der Waals surface area (Å²) in [6.45, 7) is 4.02. The standard InChI is InChI=1S/C13H23NO2/c1-2-11(12(15)16)14-9-13(10-14)7-5-3-4-6-8-13/h11H,2-10H2,1H3,(H,15,16). The van der Waals surface area contributed by atoms with Crippen LogP contribution in [0.3, 0.4) is 0 Å². The van der Waals surface area contributed by atoms with Crippen LogP contribution in [0, 0.1) is 5.41 Å². The van der Waals surface area contributed by atoms with Crippen LogP contribution in [0.25, 0.3) is 0 Å². The Labute approximate surface area is 97.8 Å². The van der Waals surface area contributed by atoms with E-state index in [0.29, 0.717) is 5.41 Å². The quantitative estimate of drug-likeness (QED) is 0.802. The third kappa shape index (κ3) is 2.24. The molecule has 3 nitrogen and oxygen atoms in total. The molecule has 1 heterocycles. The molecule has 1 N–H and O–H groups in total. The van der Waals surface area contributed by atoms with Gasteiger partial charge in [0, 0.05) is 13.1 Å². The molecule has 1 spiro atoms. The summed E-state index contributed by atoms with van der Waals surface area (Å²) in [4.78, 5) is 13.2. The van der Waals surface area contributed by atoms with Gasteiger partial charge in [0.1, 0.15) is 6.04 Å². The van der Waals surface area contributed by atoms with Gasteiger partial charge in [0.05, 0.1) is 0 Å². The lowest BCUT2D eigenvalue weighted by molar-refractivity contribution is -0.150. The van der Waals surface area contributed by atoms with E-state index in [4.69, 9.17) is 5.11 Å². The van der Waals surface area contributed by atoms with Gasteiger partial charge in [0.15, 0.2) is 0 Å². The molecule has 1 unspecified atom stereocenters. The van der Waals surface area contributed by atoms with Crippen molar-refractivity contribution in [2.45, 2.75) is 57.9 Å². The van der Waals surface area contributed by atoms with Crippen molar-refractivity contribution >= 4 is 5.97 Å². The number of carbonyl (C=O) groups is 1. The minimum atomic E-state index is -0.647. The molecular weight excluding hydrogens is 202 g/mol. The molecule has 1 saturated heterocycles. The monoisotopic (exact) mass is 225 g/mol. The van der Waals surface area contributed by atoms with Gasteiger partial charge >= 0.3 is 5.97 Å². The lowest BCUT2D eigenvalue weighted by atomic mass is 9.72. The van der Waals surface area contributed by atoms with Crippen LogP contribution in [0.15, 0.2) is 0 Å². The van der Waals surface area contributed by atoms with Gasteiger partial charge in [-0.2, -0.15) is 0 Å². The molecule has 1 aliphatic heterocycles. The predicted molar refractivity (Wildman–Crippen MR) is 63.4 cm³/mol. The van der Waals surface area contributed by atoms with Crippen molar-refractivity contribution in [2.75, 3.05) is 13.1 Å². The average molecular weight is 225 g/mol. The molecule has 2 aliphatic rings. The van der Waals surface area contributed by atoms with E-state index in [2.05, 4.69) is 4.90 Å². The Morgan fingerprint density at radius 3 is 2.25 bits per heavy atom. The zero-order valence-electron chi connectivity index (χ0n) is 10.2. The summed E-state index contributed by atoms with van der Waals surface area (Å²) in [5, 5.41) is 9.11. The summed E-state index contributed by atoms with van der Waals surface area (Å²) in [7, 11) is 0. The molecular formula is C13H23NO2. The molecule has 1 aliphatic carbocycles. The van der Waals surface area contributed by atoms with Crippen molar-refractivity contribution in [3.05, 3.63) is 0 Å². The third-order valence-electron chi connectivity index (χ3n) is 4.35. The summed E-state index contributed by atoms with van der Waals surface area (Å²) in [6.07, 6.45) is 8.80. The van der Waals surface area contributed by atoms with Crippen molar-refractivity contribution < 1.29 is 9.90 Å². The van der Waals surface area contributed by atoms with E-state index in [0.717, 1.165) is 19.5 Å². The van der Waals surface area contributed by atoms with Crippen LogP contribution in [0.4, 0.5) is 0 Å². The Kier molecular flexibility index (Phi) is 3.53. The molecule has 2 fully saturated rings. The van der Waals surface area contributed by atoms with Gasteiger partial charge in [-0.25, -0.2) is 0 Å². The lowest BCUT2D eigenvalue weighted by Crippen LogP contribution is -2.61. The van der Waals surface area contributed by atoms with E-state index >= 15 is 0 Å².